The lowest BCUT2D eigenvalue weighted by Gasteiger charge is -2.17. The van der Waals surface area contributed by atoms with Gasteiger partial charge >= 0.3 is 6.01 Å². The van der Waals surface area contributed by atoms with Gasteiger partial charge in [0.2, 0.25) is 0 Å². The number of aromatic nitrogens is 1. The molecule has 1 N–H and O–H groups in total. The molecular weight excluding hydrogens is 340 g/mol. The first-order valence-corrected chi connectivity index (χ1v) is 6.65. The lowest BCUT2D eigenvalue weighted by molar-refractivity contribution is -0.116. The zero-order valence-corrected chi connectivity index (χ0v) is 12.4. The number of carbonyl (C=O) groups is 1. The fraction of sp³-hybridized carbons (Fsp3) is 0.600. The zero-order chi connectivity index (χ0) is 12.2. The van der Waals surface area contributed by atoms with Crippen molar-refractivity contribution in [2.45, 2.75) is 36.3 Å². The molecular formula is C10H14Br2N2O2. The van der Waals surface area contributed by atoms with Crippen molar-refractivity contribution in [1.29, 1.82) is 0 Å². The molecule has 1 amide bonds. The summed E-state index contributed by atoms with van der Waals surface area (Å²) >= 11 is 6.70. The third-order valence-electron chi connectivity index (χ3n) is 2.02. The number of alkyl halides is 2. The number of hydrogen-bond donors (Lipinski definition) is 1. The normalized spacial score (nSPS) is 11.5. The van der Waals surface area contributed by atoms with E-state index in [0.29, 0.717) is 6.42 Å². The number of anilines is 1. The van der Waals surface area contributed by atoms with Crippen molar-refractivity contribution in [3.63, 3.8) is 0 Å². The number of hydrogen-bond acceptors (Lipinski definition) is 3. The van der Waals surface area contributed by atoms with Crippen LogP contribution >= 0.6 is 31.9 Å². The van der Waals surface area contributed by atoms with Crippen LogP contribution in [0.3, 0.4) is 0 Å². The number of aryl methyl sites for hydroxylation is 1. The molecule has 1 rings (SSSR count). The summed E-state index contributed by atoms with van der Waals surface area (Å²) in [6.07, 6.45) is 4.18. The molecule has 1 heterocycles. The Labute approximate surface area is 111 Å². The lowest BCUT2D eigenvalue weighted by atomic mass is 10.2. The minimum atomic E-state index is -0.752. The van der Waals surface area contributed by atoms with E-state index in [1.165, 1.54) is 6.26 Å². The molecule has 1 aromatic rings. The molecule has 0 radical (unpaired) electrons. The number of nitrogens with one attached hydrogen (secondary N) is 1. The molecule has 16 heavy (non-hydrogen) atoms. The maximum Gasteiger partial charge on any atom is 0.301 e. The Morgan fingerprint density at radius 2 is 2.31 bits per heavy atom. The highest BCUT2D eigenvalue weighted by Crippen LogP contribution is 2.33. The number of halogens is 2. The van der Waals surface area contributed by atoms with Gasteiger partial charge < -0.3 is 4.42 Å². The molecule has 90 valence electrons. The molecule has 0 fully saturated rings. The molecule has 0 bridgehead atoms. The molecule has 1 aromatic heterocycles. The van der Waals surface area contributed by atoms with Crippen molar-refractivity contribution >= 4 is 43.8 Å². The minimum Gasteiger partial charge on any atom is -0.432 e. The summed E-state index contributed by atoms with van der Waals surface area (Å²) in [6, 6.07) is 0.224. The summed E-state index contributed by atoms with van der Waals surface area (Å²) < 4.78 is 4.30. The van der Waals surface area contributed by atoms with Gasteiger partial charge in [-0.2, -0.15) is 4.98 Å². The van der Waals surface area contributed by atoms with E-state index in [1.807, 2.05) is 0 Å². The van der Waals surface area contributed by atoms with Crippen LogP contribution in [0.15, 0.2) is 10.7 Å². The van der Waals surface area contributed by atoms with Crippen molar-refractivity contribution < 1.29 is 9.21 Å². The number of rotatable bonds is 5. The second-order valence-corrected chi connectivity index (χ2v) is 7.33. The molecule has 0 atom stereocenters. The van der Waals surface area contributed by atoms with E-state index < -0.39 is 3.23 Å². The van der Waals surface area contributed by atoms with Gasteiger partial charge in [0.25, 0.3) is 5.91 Å². The van der Waals surface area contributed by atoms with E-state index in [2.05, 4.69) is 49.1 Å². The zero-order valence-electron chi connectivity index (χ0n) is 9.22. The Morgan fingerprint density at radius 3 is 2.81 bits per heavy atom. The fourth-order valence-corrected chi connectivity index (χ4v) is 1.87. The molecule has 0 aromatic carbocycles. The van der Waals surface area contributed by atoms with Gasteiger partial charge in [0, 0.05) is 0 Å². The molecule has 0 aliphatic rings. The monoisotopic (exact) mass is 352 g/mol. The molecule has 0 spiro atoms. The van der Waals surface area contributed by atoms with Crippen LogP contribution in [0.4, 0.5) is 6.01 Å². The summed E-state index contributed by atoms with van der Waals surface area (Å²) in [6.45, 7) is 3.87. The van der Waals surface area contributed by atoms with E-state index in [9.17, 15) is 4.79 Å². The largest absolute Gasteiger partial charge is 0.432 e. The average Bonchev–Trinajstić information content (AvgIpc) is 2.61. The van der Waals surface area contributed by atoms with Crippen LogP contribution in [0, 0.1) is 6.92 Å². The highest BCUT2D eigenvalue weighted by Gasteiger charge is 2.32. The molecule has 0 saturated carbocycles. The third-order valence-corrected chi connectivity index (χ3v) is 3.53. The van der Waals surface area contributed by atoms with Gasteiger partial charge in [0.15, 0.2) is 3.23 Å². The summed E-state index contributed by atoms with van der Waals surface area (Å²) in [4.78, 5) is 15.8. The van der Waals surface area contributed by atoms with Crippen LogP contribution in [0.2, 0.25) is 0 Å². The molecule has 0 aliphatic heterocycles. The van der Waals surface area contributed by atoms with Crippen LogP contribution in [-0.4, -0.2) is 14.1 Å². The van der Waals surface area contributed by atoms with Gasteiger partial charge in [-0.3, -0.25) is 10.1 Å². The second-order valence-electron chi connectivity index (χ2n) is 3.56. The van der Waals surface area contributed by atoms with Crippen molar-refractivity contribution in [1.82, 2.24) is 4.98 Å². The molecule has 0 unspecified atom stereocenters. The molecule has 6 heteroatoms. The number of oxazole rings is 1. The minimum absolute atomic E-state index is 0.206. The first kappa shape index (κ1) is 13.7. The quantitative estimate of drug-likeness (QED) is 0.823. The van der Waals surface area contributed by atoms with Crippen molar-refractivity contribution in [3.8, 4) is 0 Å². The maximum atomic E-state index is 11.8. The Kier molecular flexibility index (Phi) is 4.98. The van der Waals surface area contributed by atoms with E-state index in [4.69, 9.17) is 4.42 Å². The number of amides is 1. The van der Waals surface area contributed by atoms with Crippen LogP contribution in [0.25, 0.3) is 0 Å². The first-order valence-electron chi connectivity index (χ1n) is 5.07. The van der Waals surface area contributed by atoms with Crippen molar-refractivity contribution in [3.05, 3.63) is 12.0 Å². The molecule has 0 saturated heterocycles. The highest BCUT2D eigenvalue weighted by molar-refractivity contribution is 9.25. The van der Waals surface area contributed by atoms with Gasteiger partial charge in [-0.05, 0) is 13.3 Å². The Hall–Kier alpha value is -0.360. The van der Waals surface area contributed by atoms with Crippen molar-refractivity contribution in [2.75, 3.05) is 5.32 Å². The average molecular weight is 354 g/mol. The van der Waals surface area contributed by atoms with E-state index in [-0.39, 0.29) is 11.9 Å². The first-order chi connectivity index (χ1) is 7.45. The smallest absolute Gasteiger partial charge is 0.301 e. The summed E-state index contributed by atoms with van der Waals surface area (Å²) in [5.74, 6) is -0.206. The Bertz CT molecular complexity index is 363. The summed E-state index contributed by atoms with van der Waals surface area (Å²) in [5, 5.41) is 2.60. The van der Waals surface area contributed by atoms with Crippen LogP contribution in [0.5, 0.6) is 0 Å². The summed E-state index contributed by atoms with van der Waals surface area (Å²) in [5.41, 5.74) is 0.735. The third kappa shape index (κ3) is 3.90. The van der Waals surface area contributed by atoms with Gasteiger partial charge in [0.05, 0.1) is 5.69 Å². The van der Waals surface area contributed by atoms with Crippen molar-refractivity contribution in [2.24, 2.45) is 0 Å². The topological polar surface area (TPSA) is 55.1 Å². The van der Waals surface area contributed by atoms with Crippen LogP contribution in [0.1, 0.15) is 31.9 Å². The second kappa shape index (κ2) is 5.82. The lowest BCUT2D eigenvalue weighted by Crippen LogP contribution is -2.31. The highest BCUT2D eigenvalue weighted by atomic mass is 79.9. The number of unbranched alkanes of at least 4 members (excludes halogenated alkanes) is 1. The van der Waals surface area contributed by atoms with Crippen LogP contribution in [-0.2, 0) is 4.79 Å². The maximum absolute atomic E-state index is 11.8. The van der Waals surface area contributed by atoms with Gasteiger partial charge in [-0.15, -0.1) is 0 Å². The van der Waals surface area contributed by atoms with Gasteiger partial charge in [-0.25, -0.2) is 0 Å². The SMILES string of the molecule is CCCCC(Br)(Br)C(=O)Nc1nc(C)co1. The molecule has 0 aliphatic carbocycles. The van der Waals surface area contributed by atoms with Gasteiger partial charge in [0.1, 0.15) is 6.26 Å². The Morgan fingerprint density at radius 1 is 1.62 bits per heavy atom. The Balaban J connectivity index is 2.57. The predicted octanol–water partition coefficient (Wildman–Crippen LogP) is 3.60. The van der Waals surface area contributed by atoms with Crippen LogP contribution < -0.4 is 5.32 Å². The molecule has 4 nitrogen and oxygen atoms in total. The van der Waals surface area contributed by atoms with Gasteiger partial charge in [-0.1, -0.05) is 51.6 Å². The van der Waals surface area contributed by atoms with E-state index in [0.717, 1.165) is 18.5 Å². The van der Waals surface area contributed by atoms with E-state index >= 15 is 0 Å². The number of carbonyl (C=O) groups excluding carboxylic acids is 1. The standard InChI is InChI=1S/C10H14Br2N2O2/c1-3-4-5-10(11,12)8(15)14-9-13-7(2)6-16-9/h6H,3-5H2,1-2H3,(H,13,14,15). The number of nitrogens with zero attached hydrogens (tertiary/aromatic N) is 1. The fourth-order valence-electron chi connectivity index (χ4n) is 1.11. The summed E-state index contributed by atoms with van der Waals surface area (Å²) in [7, 11) is 0. The predicted molar refractivity (Wildman–Crippen MR) is 70.0 cm³/mol. The van der Waals surface area contributed by atoms with E-state index in [1.54, 1.807) is 6.92 Å².